The maximum absolute atomic E-state index is 13.8. The van der Waals surface area contributed by atoms with Gasteiger partial charge in [0, 0.05) is 0 Å². The SMILES string of the molecule is CC1(C)O[C@H]2[C@@H]3OC(C)(C)O[C@H]3[C@H](OC(=O)c3cccc4ccccc34)[C@@H](OC(=O)c3cccc4ccccc34)[C@H]2O1. The molecule has 2 aliphatic heterocycles. The van der Waals surface area contributed by atoms with Crippen molar-refractivity contribution in [3.63, 3.8) is 0 Å². The fourth-order valence-corrected chi connectivity index (χ4v) is 6.47. The number of carbonyl (C=O) groups is 2. The average Bonchev–Trinajstić information content (AvgIpc) is 3.48. The predicted octanol–water partition coefficient (Wildman–Crippen LogP) is 5.80. The van der Waals surface area contributed by atoms with E-state index in [0.717, 1.165) is 21.5 Å². The normalized spacial score (nSPS) is 29.1. The van der Waals surface area contributed by atoms with E-state index in [0.29, 0.717) is 11.1 Å². The molecule has 1 aliphatic carbocycles. The summed E-state index contributed by atoms with van der Waals surface area (Å²) < 4.78 is 37.7. The molecule has 0 spiro atoms. The minimum Gasteiger partial charge on any atom is -0.452 e. The van der Waals surface area contributed by atoms with E-state index < -0.39 is 60.1 Å². The van der Waals surface area contributed by atoms with Gasteiger partial charge in [-0.3, -0.25) is 0 Å². The van der Waals surface area contributed by atoms with Gasteiger partial charge in [-0.1, -0.05) is 72.8 Å². The van der Waals surface area contributed by atoms with Crippen LogP contribution in [0.3, 0.4) is 0 Å². The number of carbonyl (C=O) groups excluding carboxylic acids is 2. The Morgan fingerprint density at radius 2 is 0.881 bits per heavy atom. The van der Waals surface area contributed by atoms with Crippen LogP contribution in [0.2, 0.25) is 0 Å². The van der Waals surface area contributed by atoms with Crippen LogP contribution in [-0.2, 0) is 28.4 Å². The van der Waals surface area contributed by atoms with Crippen LogP contribution < -0.4 is 0 Å². The fourth-order valence-electron chi connectivity index (χ4n) is 6.47. The fraction of sp³-hybridized carbons (Fsp3) is 0.353. The maximum atomic E-state index is 13.8. The number of hydrogen-bond acceptors (Lipinski definition) is 8. The average molecular weight is 569 g/mol. The van der Waals surface area contributed by atoms with Crippen LogP contribution in [0, 0.1) is 0 Å². The summed E-state index contributed by atoms with van der Waals surface area (Å²) >= 11 is 0. The predicted molar refractivity (Wildman–Crippen MR) is 154 cm³/mol. The van der Waals surface area contributed by atoms with Crippen LogP contribution in [-0.4, -0.2) is 60.1 Å². The lowest BCUT2D eigenvalue weighted by Gasteiger charge is -2.41. The first-order chi connectivity index (χ1) is 20.1. The van der Waals surface area contributed by atoms with Gasteiger partial charge in [-0.05, 0) is 61.4 Å². The number of rotatable bonds is 4. The third-order valence-corrected chi connectivity index (χ3v) is 8.13. The minimum atomic E-state index is -1.04. The molecule has 6 atom stereocenters. The summed E-state index contributed by atoms with van der Waals surface area (Å²) in [7, 11) is 0. The van der Waals surface area contributed by atoms with Crippen molar-refractivity contribution in [3.05, 3.63) is 96.1 Å². The molecule has 0 N–H and O–H groups in total. The molecule has 0 amide bonds. The molecule has 4 aromatic carbocycles. The number of ether oxygens (including phenoxy) is 6. The lowest BCUT2D eigenvalue weighted by Crippen LogP contribution is -2.63. The van der Waals surface area contributed by atoms with E-state index >= 15 is 0 Å². The summed E-state index contributed by atoms with van der Waals surface area (Å²) in [6, 6.07) is 26.1. The highest BCUT2D eigenvalue weighted by atomic mass is 16.8. The highest BCUT2D eigenvalue weighted by molar-refractivity contribution is 6.05. The zero-order valence-corrected chi connectivity index (χ0v) is 23.8. The van der Waals surface area contributed by atoms with Gasteiger partial charge in [0.05, 0.1) is 11.1 Å². The van der Waals surface area contributed by atoms with E-state index in [2.05, 4.69) is 0 Å². The topological polar surface area (TPSA) is 89.5 Å². The smallest absolute Gasteiger partial charge is 0.339 e. The van der Waals surface area contributed by atoms with Crippen molar-refractivity contribution in [1.29, 1.82) is 0 Å². The Labute approximate surface area is 243 Å². The third kappa shape index (κ3) is 4.65. The van der Waals surface area contributed by atoms with Gasteiger partial charge in [0.2, 0.25) is 0 Å². The van der Waals surface area contributed by atoms with Crippen LogP contribution in [0.4, 0.5) is 0 Å². The summed E-state index contributed by atoms with van der Waals surface area (Å²) in [5, 5.41) is 3.32. The summed E-state index contributed by atoms with van der Waals surface area (Å²) in [4.78, 5) is 27.7. The van der Waals surface area contributed by atoms with E-state index in [1.54, 1.807) is 39.8 Å². The van der Waals surface area contributed by atoms with Crippen LogP contribution in [0.25, 0.3) is 21.5 Å². The minimum absolute atomic E-state index is 0.396. The first-order valence-electron chi connectivity index (χ1n) is 14.2. The Bertz CT molecular complexity index is 1560. The molecule has 42 heavy (non-hydrogen) atoms. The van der Waals surface area contributed by atoms with Gasteiger partial charge in [0.15, 0.2) is 23.8 Å². The Hall–Kier alpha value is -3.82. The Balaban J connectivity index is 1.29. The Morgan fingerprint density at radius 3 is 1.31 bits per heavy atom. The van der Waals surface area contributed by atoms with Crippen molar-refractivity contribution in [2.75, 3.05) is 0 Å². The zero-order chi connectivity index (χ0) is 29.2. The van der Waals surface area contributed by atoms with Crippen molar-refractivity contribution in [2.45, 2.75) is 75.9 Å². The van der Waals surface area contributed by atoms with Crippen LogP contribution in [0.5, 0.6) is 0 Å². The molecule has 8 heteroatoms. The Kier molecular flexibility index (Phi) is 6.36. The maximum Gasteiger partial charge on any atom is 0.339 e. The van der Waals surface area contributed by atoms with E-state index in [1.807, 2.05) is 72.8 Å². The molecule has 1 saturated carbocycles. The van der Waals surface area contributed by atoms with Gasteiger partial charge >= 0.3 is 11.9 Å². The first kappa shape index (κ1) is 27.0. The molecule has 8 nitrogen and oxygen atoms in total. The highest BCUT2D eigenvalue weighted by Gasteiger charge is 2.66. The standard InChI is InChI=1S/C34H32O8/c1-33(2)39-27-25(37-31(35)23-17-9-13-19-11-5-7-15-21(19)23)26(28-30(29(27)41-33)42-34(3,4)40-28)38-32(36)24-18-10-14-20-12-6-8-16-22(20)24/h5-18,25-30H,1-4H3/t25-,26-,27-,28+,29-,30-/m1/s1. The largest absolute Gasteiger partial charge is 0.452 e. The van der Waals surface area contributed by atoms with Gasteiger partial charge in [-0.25, -0.2) is 9.59 Å². The molecule has 0 unspecified atom stereocenters. The third-order valence-electron chi connectivity index (χ3n) is 8.13. The van der Waals surface area contributed by atoms with Gasteiger partial charge in [-0.15, -0.1) is 0 Å². The van der Waals surface area contributed by atoms with E-state index in [-0.39, 0.29) is 0 Å². The number of fused-ring (bicyclic) bond motifs is 5. The van der Waals surface area contributed by atoms with Gasteiger partial charge < -0.3 is 28.4 Å². The quantitative estimate of drug-likeness (QED) is 0.286. The van der Waals surface area contributed by atoms with Crippen molar-refractivity contribution in [2.24, 2.45) is 0 Å². The number of esters is 2. The first-order valence-corrected chi connectivity index (χ1v) is 14.2. The summed E-state index contributed by atoms with van der Waals surface area (Å²) in [6.07, 6.45) is -4.87. The monoisotopic (exact) mass is 568 g/mol. The highest BCUT2D eigenvalue weighted by Crippen LogP contribution is 2.47. The summed E-state index contributed by atoms with van der Waals surface area (Å²) in [5.74, 6) is -3.11. The molecule has 3 aliphatic rings. The number of hydrogen-bond donors (Lipinski definition) is 0. The van der Waals surface area contributed by atoms with Gasteiger partial charge in [0.1, 0.15) is 24.4 Å². The van der Waals surface area contributed by atoms with Gasteiger partial charge in [-0.2, -0.15) is 0 Å². The molecule has 0 bridgehead atoms. The lowest BCUT2D eigenvalue weighted by molar-refractivity contribution is -0.185. The second-order valence-corrected chi connectivity index (χ2v) is 11.9. The molecule has 3 fully saturated rings. The summed E-state index contributed by atoms with van der Waals surface area (Å²) in [5.41, 5.74) is 0.793. The van der Waals surface area contributed by atoms with E-state index in [9.17, 15) is 9.59 Å². The molecule has 2 saturated heterocycles. The Morgan fingerprint density at radius 1 is 0.524 bits per heavy atom. The lowest BCUT2D eigenvalue weighted by atomic mass is 9.84. The molecule has 0 radical (unpaired) electrons. The van der Waals surface area contributed by atoms with Crippen LogP contribution in [0.15, 0.2) is 84.9 Å². The van der Waals surface area contributed by atoms with Crippen molar-refractivity contribution in [3.8, 4) is 0 Å². The molecule has 2 heterocycles. The van der Waals surface area contributed by atoms with E-state index in [4.69, 9.17) is 28.4 Å². The van der Waals surface area contributed by atoms with Gasteiger partial charge in [0.25, 0.3) is 0 Å². The second-order valence-electron chi connectivity index (χ2n) is 11.9. The summed E-state index contributed by atoms with van der Waals surface area (Å²) in [6.45, 7) is 7.17. The van der Waals surface area contributed by atoms with Crippen LogP contribution >= 0.6 is 0 Å². The van der Waals surface area contributed by atoms with Crippen molar-refractivity contribution in [1.82, 2.24) is 0 Å². The molecule has 4 aromatic rings. The number of benzene rings is 4. The molecule has 7 rings (SSSR count). The zero-order valence-electron chi connectivity index (χ0n) is 23.8. The second kappa shape index (κ2) is 9.88. The molecular formula is C34H32O8. The van der Waals surface area contributed by atoms with E-state index in [1.165, 1.54) is 0 Å². The van der Waals surface area contributed by atoms with Crippen molar-refractivity contribution < 1.29 is 38.0 Å². The molecular weight excluding hydrogens is 536 g/mol. The molecule has 216 valence electrons. The molecule has 0 aromatic heterocycles. The van der Waals surface area contributed by atoms with Crippen LogP contribution in [0.1, 0.15) is 48.4 Å². The van der Waals surface area contributed by atoms with Crippen molar-refractivity contribution >= 4 is 33.5 Å².